The first-order valence-corrected chi connectivity index (χ1v) is 8.92. The Morgan fingerprint density at radius 1 is 1.15 bits per heavy atom. The van der Waals surface area contributed by atoms with E-state index in [-0.39, 0.29) is 5.56 Å². The van der Waals surface area contributed by atoms with Crippen molar-refractivity contribution >= 4 is 17.6 Å². The van der Waals surface area contributed by atoms with E-state index in [0.717, 1.165) is 18.7 Å². The van der Waals surface area contributed by atoms with E-state index in [1.54, 1.807) is 10.8 Å². The number of fused-ring (bicyclic) bond motifs is 2. The Morgan fingerprint density at radius 2 is 2.00 bits per heavy atom. The fraction of sp³-hybridized carbons (Fsp3) is 0.200. The molecule has 5 rings (SSSR count). The fourth-order valence-corrected chi connectivity index (χ4v) is 3.66. The third-order valence-electron chi connectivity index (χ3n) is 4.89. The number of pyridine rings is 1. The molecule has 1 atom stereocenters. The maximum atomic E-state index is 12.7. The molecular weight excluding hydrogens is 340 g/mol. The molecule has 0 radical (unpaired) electrons. The van der Waals surface area contributed by atoms with E-state index >= 15 is 0 Å². The van der Waals surface area contributed by atoms with Crippen LogP contribution in [0.5, 0.6) is 0 Å². The number of aryl methyl sites for hydroxylation is 1. The Hall–Kier alpha value is -3.48. The monoisotopic (exact) mass is 358 g/mol. The van der Waals surface area contributed by atoms with Crippen molar-refractivity contribution in [1.82, 2.24) is 14.5 Å². The molecule has 0 aliphatic carbocycles. The van der Waals surface area contributed by atoms with Gasteiger partial charge in [-0.3, -0.25) is 15.1 Å². The lowest BCUT2D eigenvalue weighted by molar-refractivity contribution is 0.560. The van der Waals surface area contributed by atoms with Crippen LogP contribution in [0, 0.1) is 6.92 Å². The molecule has 0 fully saturated rings. The highest BCUT2D eigenvalue weighted by atomic mass is 16.1. The van der Waals surface area contributed by atoms with Gasteiger partial charge < -0.3 is 4.90 Å². The lowest BCUT2D eigenvalue weighted by Gasteiger charge is -2.30. The second-order valence-electron chi connectivity index (χ2n) is 6.67. The molecule has 3 aromatic rings. The quantitative estimate of drug-likeness (QED) is 0.723. The number of benzene rings is 1. The highest BCUT2D eigenvalue weighted by Gasteiger charge is 2.31. The van der Waals surface area contributed by atoms with Crippen LogP contribution in [0.2, 0.25) is 0 Å². The number of guanidine groups is 1. The van der Waals surface area contributed by atoms with Gasteiger partial charge >= 0.3 is 0 Å². The first kappa shape index (κ1) is 15.7. The summed E-state index contributed by atoms with van der Waals surface area (Å²) in [5.74, 6) is 1.18. The van der Waals surface area contributed by atoms with Crippen LogP contribution in [0.3, 0.4) is 0 Å². The van der Waals surface area contributed by atoms with E-state index in [2.05, 4.69) is 38.4 Å². The highest BCUT2D eigenvalue weighted by molar-refractivity contribution is 6.06. The van der Waals surface area contributed by atoms with Gasteiger partial charge in [-0.25, -0.2) is 14.5 Å². The minimum absolute atomic E-state index is 0.148. The third-order valence-corrected chi connectivity index (χ3v) is 4.89. The summed E-state index contributed by atoms with van der Waals surface area (Å²) < 4.78 is 1.56. The molecule has 27 heavy (non-hydrogen) atoms. The molecule has 2 aliphatic rings. The zero-order valence-corrected chi connectivity index (χ0v) is 14.8. The van der Waals surface area contributed by atoms with Gasteiger partial charge in [-0.15, -0.1) is 0 Å². The Kier molecular flexibility index (Phi) is 3.53. The van der Waals surface area contributed by atoms with Crippen LogP contribution >= 0.6 is 0 Å². The van der Waals surface area contributed by atoms with Crippen molar-refractivity contribution in [2.75, 3.05) is 16.8 Å². The predicted octanol–water partition coefficient (Wildman–Crippen LogP) is 2.34. The summed E-state index contributed by atoms with van der Waals surface area (Å²) in [6.45, 7) is 2.65. The zero-order valence-electron chi connectivity index (χ0n) is 14.8. The van der Waals surface area contributed by atoms with Gasteiger partial charge in [0.05, 0.1) is 5.69 Å². The largest absolute Gasteiger partial charge is 0.312 e. The molecule has 2 aliphatic heterocycles. The van der Waals surface area contributed by atoms with Crippen molar-refractivity contribution in [2.45, 2.75) is 19.5 Å². The number of rotatable bonds is 1. The van der Waals surface area contributed by atoms with Gasteiger partial charge in [0.15, 0.2) is 6.17 Å². The molecule has 1 N–H and O–H groups in total. The summed E-state index contributed by atoms with van der Waals surface area (Å²) >= 11 is 0. The summed E-state index contributed by atoms with van der Waals surface area (Å²) in [6, 6.07) is 15.5. The summed E-state index contributed by atoms with van der Waals surface area (Å²) in [4.78, 5) is 28.6. The molecule has 0 spiro atoms. The van der Waals surface area contributed by atoms with Crippen molar-refractivity contribution in [3.63, 3.8) is 0 Å². The van der Waals surface area contributed by atoms with Crippen LogP contribution in [0.1, 0.15) is 23.1 Å². The highest BCUT2D eigenvalue weighted by Crippen LogP contribution is 2.31. The topological polar surface area (TPSA) is 75.4 Å². The van der Waals surface area contributed by atoms with Gasteiger partial charge in [0.25, 0.3) is 5.56 Å². The number of nitrogens with one attached hydrogen (secondary N) is 1. The maximum absolute atomic E-state index is 12.7. The Morgan fingerprint density at radius 3 is 2.85 bits per heavy atom. The molecular formula is C20H18N6O. The molecule has 0 amide bonds. The number of hydrogen-bond donors (Lipinski definition) is 1. The number of nitrogens with zero attached hydrogens (tertiary/aromatic N) is 5. The summed E-state index contributed by atoms with van der Waals surface area (Å²) in [5.41, 5.74) is 3.65. The molecule has 0 bridgehead atoms. The molecule has 0 unspecified atom stereocenters. The molecule has 134 valence electrons. The van der Waals surface area contributed by atoms with E-state index < -0.39 is 6.17 Å². The predicted molar refractivity (Wildman–Crippen MR) is 104 cm³/mol. The van der Waals surface area contributed by atoms with Crippen LogP contribution in [0.15, 0.2) is 64.5 Å². The van der Waals surface area contributed by atoms with Crippen LogP contribution in [-0.4, -0.2) is 27.0 Å². The molecule has 1 aromatic carbocycles. The van der Waals surface area contributed by atoms with Crippen molar-refractivity contribution in [2.24, 2.45) is 4.99 Å². The minimum atomic E-state index is -0.550. The first-order chi connectivity index (χ1) is 13.2. The third kappa shape index (κ3) is 2.59. The van der Waals surface area contributed by atoms with Crippen LogP contribution in [-0.2, 0) is 6.42 Å². The lowest BCUT2D eigenvalue weighted by atomic mass is 10.2. The van der Waals surface area contributed by atoms with Crippen molar-refractivity contribution in [3.8, 4) is 0 Å². The van der Waals surface area contributed by atoms with E-state index in [1.165, 1.54) is 11.6 Å². The van der Waals surface area contributed by atoms with Crippen LogP contribution < -0.4 is 15.8 Å². The van der Waals surface area contributed by atoms with E-state index in [4.69, 9.17) is 4.99 Å². The molecule has 4 heterocycles. The average molecular weight is 358 g/mol. The van der Waals surface area contributed by atoms with E-state index in [1.807, 2.05) is 31.2 Å². The Balaban J connectivity index is 1.66. The molecule has 7 heteroatoms. The summed E-state index contributed by atoms with van der Waals surface area (Å²) in [6.07, 6.45) is 2.12. The number of anilines is 2. The van der Waals surface area contributed by atoms with Gasteiger partial charge in [0, 0.05) is 30.2 Å². The summed E-state index contributed by atoms with van der Waals surface area (Å²) in [7, 11) is 0. The summed E-state index contributed by atoms with van der Waals surface area (Å²) in [5, 5.41) is 3.26. The molecule has 2 aromatic heterocycles. The van der Waals surface area contributed by atoms with E-state index in [9.17, 15) is 4.79 Å². The number of para-hydroxylation sites is 1. The Labute approximate surface area is 156 Å². The molecule has 0 saturated heterocycles. The second-order valence-corrected chi connectivity index (χ2v) is 6.67. The van der Waals surface area contributed by atoms with Crippen LogP contribution in [0.25, 0.3) is 0 Å². The maximum Gasteiger partial charge on any atom is 0.257 e. The zero-order chi connectivity index (χ0) is 18.4. The molecule has 7 nitrogen and oxygen atoms in total. The SMILES string of the molecule is Cc1cc(=O)n2c(n1)NC(N1CCc3ccccc31)=N[C@H]2c1ccccn1. The van der Waals surface area contributed by atoms with Gasteiger partial charge in [-0.2, -0.15) is 0 Å². The van der Waals surface area contributed by atoms with Gasteiger partial charge in [-0.05, 0) is 37.1 Å². The van der Waals surface area contributed by atoms with Gasteiger partial charge in [0.1, 0.15) is 0 Å². The van der Waals surface area contributed by atoms with Crippen molar-refractivity contribution in [1.29, 1.82) is 0 Å². The van der Waals surface area contributed by atoms with Gasteiger partial charge in [-0.1, -0.05) is 24.3 Å². The average Bonchev–Trinajstić information content (AvgIpc) is 3.11. The molecule has 0 saturated carbocycles. The lowest BCUT2D eigenvalue weighted by Crippen LogP contribution is -2.43. The normalized spacial score (nSPS) is 17.7. The Bertz CT molecular complexity index is 1100. The van der Waals surface area contributed by atoms with Crippen molar-refractivity contribution < 1.29 is 0 Å². The number of hydrogen-bond acceptors (Lipinski definition) is 6. The first-order valence-electron chi connectivity index (χ1n) is 8.92. The smallest absolute Gasteiger partial charge is 0.257 e. The van der Waals surface area contributed by atoms with Gasteiger partial charge in [0.2, 0.25) is 11.9 Å². The van der Waals surface area contributed by atoms with Crippen LogP contribution in [0.4, 0.5) is 11.6 Å². The second kappa shape index (κ2) is 6.05. The van der Waals surface area contributed by atoms with Crippen molar-refractivity contribution in [3.05, 3.63) is 82.0 Å². The standard InChI is InChI=1S/C20H18N6O/c1-13-12-17(27)26-18(15-7-4-5-10-21-15)23-19(24-20(26)22-13)25-11-9-14-6-2-3-8-16(14)25/h2-8,10,12,18H,9,11H2,1H3,(H,22,23,24)/t18-/m1/s1. The number of aromatic nitrogens is 3. The van der Waals surface area contributed by atoms with E-state index in [0.29, 0.717) is 23.3 Å². The minimum Gasteiger partial charge on any atom is -0.312 e. The number of aliphatic imine (C=N–C) groups is 1. The fourth-order valence-electron chi connectivity index (χ4n) is 3.66.